The minimum absolute atomic E-state index is 0.0740. The van der Waals surface area contributed by atoms with Crippen LogP contribution in [0.4, 0.5) is 17.6 Å². The minimum atomic E-state index is -4.57. The zero-order valence-corrected chi connectivity index (χ0v) is 17.9. The van der Waals surface area contributed by atoms with E-state index in [1.807, 2.05) is 0 Å². The van der Waals surface area contributed by atoms with Gasteiger partial charge in [0.15, 0.2) is 5.78 Å². The molecular weight excluding hydrogens is 442 g/mol. The Bertz CT molecular complexity index is 1190. The summed E-state index contributed by atoms with van der Waals surface area (Å²) in [6.07, 6.45) is -3.57. The number of ether oxygens (including phenoxy) is 1. The predicted molar refractivity (Wildman–Crippen MR) is 112 cm³/mol. The Morgan fingerprint density at radius 3 is 2.36 bits per heavy atom. The first kappa shape index (κ1) is 24.2. The van der Waals surface area contributed by atoms with Crippen molar-refractivity contribution in [3.63, 3.8) is 0 Å². The van der Waals surface area contributed by atoms with Crippen LogP contribution >= 0.6 is 0 Å². The quantitative estimate of drug-likeness (QED) is 0.325. The molecule has 0 fully saturated rings. The second kappa shape index (κ2) is 9.17. The van der Waals surface area contributed by atoms with Gasteiger partial charge in [0, 0.05) is 29.0 Å². The van der Waals surface area contributed by atoms with E-state index in [4.69, 9.17) is 4.74 Å². The van der Waals surface area contributed by atoms with Crippen molar-refractivity contribution in [1.29, 1.82) is 0 Å². The van der Waals surface area contributed by atoms with Gasteiger partial charge in [-0.2, -0.15) is 13.2 Å². The van der Waals surface area contributed by atoms with E-state index in [-0.39, 0.29) is 36.1 Å². The molecule has 33 heavy (non-hydrogen) atoms. The molecule has 1 heterocycles. The van der Waals surface area contributed by atoms with Gasteiger partial charge in [0.05, 0.1) is 11.0 Å². The summed E-state index contributed by atoms with van der Waals surface area (Å²) in [5, 5.41) is 9.80. The molecule has 0 atom stereocenters. The van der Waals surface area contributed by atoms with Crippen LogP contribution in [0, 0.1) is 11.2 Å². The smallest absolute Gasteiger partial charge is 0.433 e. The Labute approximate surface area is 187 Å². The summed E-state index contributed by atoms with van der Waals surface area (Å²) in [6.45, 7) is 2.81. The van der Waals surface area contributed by atoms with Crippen LogP contribution < -0.4 is 4.74 Å². The molecule has 1 aromatic heterocycles. The molecule has 3 aromatic rings. The molecule has 0 radical (unpaired) electrons. The van der Waals surface area contributed by atoms with Crippen LogP contribution in [0.2, 0.25) is 0 Å². The molecule has 0 aliphatic rings. The molecular formula is C24H21F4NO4. The second-order valence-electron chi connectivity index (χ2n) is 8.23. The summed E-state index contributed by atoms with van der Waals surface area (Å²) in [5.74, 6) is -1.89. The first-order chi connectivity index (χ1) is 15.4. The molecule has 1 N–H and O–H groups in total. The Kier molecular flexibility index (Phi) is 6.71. The highest BCUT2D eigenvalue weighted by molar-refractivity contribution is 6.05. The first-order valence-corrected chi connectivity index (χ1v) is 10.0. The summed E-state index contributed by atoms with van der Waals surface area (Å²) in [7, 11) is 0. The Hall–Kier alpha value is -3.49. The number of carboxylic acids is 1. The molecule has 174 valence electrons. The third-order valence-corrected chi connectivity index (χ3v) is 5.31. The number of rotatable bonds is 8. The van der Waals surface area contributed by atoms with Crippen molar-refractivity contribution in [1.82, 2.24) is 4.98 Å². The second-order valence-corrected chi connectivity index (χ2v) is 8.23. The number of carbonyl (C=O) groups is 2. The number of hydrogen-bond donors (Lipinski definition) is 1. The average Bonchev–Trinajstić information content (AvgIpc) is 2.75. The van der Waals surface area contributed by atoms with Gasteiger partial charge in [-0.3, -0.25) is 14.6 Å². The molecule has 2 aromatic carbocycles. The highest BCUT2D eigenvalue weighted by atomic mass is 19.4. The molecule has 0 saturated carbocycles. The first-order valence-electron chi connectivity index (χ1n) is 10.0. The number of pyridine rings is 1. The highest BCUT2D eigenvalue weighted by Gasteiger charge is 2.32. The van der Waals surface area contributed by atoms with E-state index in [0.29, 0.717) is 10.9 Å². The Morgan fingerprint density at radius 1 is 1.03 bits per heavy atom. The number of hydrogen-bond acceptors (Lipinski definition) is 4. The summed E-state index contributed by atoms with van der Waals surface area (Å²) >= 11 is 0. The maximum absolute atomic E-state index is 14.3. The van der Waals surface area contributed by atoms with Gasteiger partial charge in [-0.1, -0.05) is 24.3 Å². The van der Waals surface area contributed by atoms with E-state index in [9.17, 15) is 32.3 Å². The van der Waals surface area contributed by atoms with Crippen LogP contribution in [0.3, 0.4) is 0 Å². The molecule has 0 aliphatic heterocycles. The Morgan fingerprint density at radius 2 is 1.76 bits per heavy atom. The van der Waals surface area contributed by atoms with E-state index in [0.717, 1.165) is 12.3 Å². The van der Waals surface area contributed by atoms with Gasteiger partial charge >= 0.3 is 12.1 Å². The lowest BCUT2D eigenvalue weighted by Gasteiger charge is -2.19. The van der Waals surface area contributed by atoms with Crippen LogP contribution in [0.5, 0.6) is 5.75 Å². The van der Waals surface area contributed by atoms with E-state index in [1.165, 1.54) is 44.2 Å². The number of nitrogens with zero attached hydrogens (tertiary/aromatic N) is 1. The molecule has 3 rings (SSSR count). The summed E-state index contributed by atoms with van der Waals surface area (Å²) in [4.78, 5) is 27.6. The van der Waals surface area contributed by atoms with Crippen molar-refractivity contribution in [2.24, 2.45) is 5.41 Å². The lowest BCUT2D eigenvalue weighted by molar-refractivity contribution is -0.147. The number of aliphatic carboxylic acids is 1. The SMILES string of the molecule is CC(C)(CCC(=O)c1ccc2c(F)cccc2c1OCc1ccc(C(F)(F)F)nc1)C(=O)O. The number of benzene rings is 2. The van der Waals surface area contributed by atoms with Crippen LogP contribution in [0.15, 0.2) is 48.7 Å². The number of carboxylic acid groups (broad SMARTS) is 1. The number of Topliss-reactive ketones (excluding diaryl/α,β-unsaturated/α-hetero) is 1. The molecule has 0 spiro atoms. The topological polar surface area (TPSA) is 76.5 Å². The third-order valence-electron chi connectivity index (χ3n) is 5.31. The van der Waals surface area contributed by atoms with E-state index >= 15 is 0 Å². The highest BCUT2D eigenvalue weighted by Crippen LogP contribution is 2.34. The van der Waals surface area contributed by atoms with Crippen molar-refractivity contribution < 1.29 is 37.0 Å². The molecule has 0 amide bonds. The van der Waals surface area contributed by atoms with Crippen LogP contribution in [0.1, 0.15) is 48.3 Å². The number of alkyl halides is 3. The number of ketones is 1. The molecule has 0 unspecified atom stereocenters. The fraction of sp³-hybridized carbons (Fsp3) is 0.292. The van der Waals surface area contributed by atoms with Gasteiger partial charge in [0.25, 0.3) is 0 Å². The summed E-state index contributed by atoms with van der Waals surface area (Å²) < 4.78 is 58.3. The van der Waals surface area contributed by atoms with Gasteiger partial charge in [-0.25, -0.2) is 4.39 Å². The maximum Gasteiger partial charge on any atom is 0.433 e. The van der Waals surface area contributed by atoms with Crippen molar-refractivity contribution in [2.75, 3.05) is 0 Å². The molecule has 0 aliphatic carbocycles. The lowest BCUT2D eigenvalue weighted by atomic mass is 9.86. The van der Waals surface area contributed by atoms with Gasteiger partial charge in [0.2, 0.25) is 0 Å². The fourth-order valence-corrected chi connectivity index (χ4v) is 3.17. The molecule has 0 saturated heterocycles. The number of fused-ring (bicyclic) bond motifs is 1. The third kappa shape index (κ3) is 5.47. The van der Waals surface area contributed by atoms with Crippen LogP contribution in [0.25, 0.3) is 10.8 Å². The average molecular weight is 463 g/mol. The van der Waals surface area contributed by atoms with Crippen molar-refractivity contribution in [3.8, 4) is 5.75 Å². The normalized spacial score (nSPS) is 12.1. The van der Waals surface area contributed by atoms with Gasteiger partial charge < -0.3 is 9.84 Å². The summed E-state index contributed by atoms with van der Waals surface area (Å²) in [6, 6.07) is 9.14. The van der Waals surface area contributed by atoms with E-state index in [1.54, 1.807) is 6.07 Å². The van der Waals surface area contributed by atoms with Crippen molar-refractivity contribution >= 4 is 22.5 Å². The number of carbonyl (C=O) groups excluding carboxylic acids is 1. The fourth-order valence-electron chi connectivity index (χ4n) is 3.17. The van der Waals surface area contributed by atoms with Gasteiger partial charge in [-0.05, 0) is 38.5 Å². The number of aromatic nitrogens is 1. The monoisotopic (exact) mass is 463 g/mol. The Balaban J connectivity index is 1.92. The van der Waals surface area contributed by atoms with Crippen molar-refractivity contribution in [2.45, 2.75) is 39.5 Å². The largest absolute Gasteiger partial charge is 0.487 e. The zero-order valence-electron chi connectivity index (χ0n) is 17.9. The van der Waals surface area contributed by atoms with Gasteiger partial charge in [-0.15, -0.1) is 0 Å². The van der Waals surface area contributed by atoms with Gasteiger partial charge in [0.1, 0.15) is 23.9 Å². The van der Waals surface area contributed by atoms with E-state index < -0.39 is 34.9 Å². The lowest BCUT2D eigenvalue weighted by Crippen LogP contribution is -2.24. The predicted octanol–water partition coefficient (Wildman–Crippen LogP) is 6.05. The minimum Gasteiger partial charge on any atom is -0.487 e. The molecule has 5 nitrogen and oxygen atoms in total. The van der Waals surface area contributed by atoms with Crippen LogP contribution in [-0.4, -0.2) is 21.8 Å². The standard InChI is InChI=1S/C24H21F4NO4/c1-23(2,22(31)32)11-10-19(30)17-8-7-15-16(4-3-5-18(15)25)21(17)33-13-14-6-9-20(29-12-14)24(26,27)28/h3-9,12H,10-11,13H2,1-2H3,(H,31,32). The zero-order chi connectivity index (χ0) is 24.4. The van der Waals surface area contributed by atoms with Crippen molar-refractivity contribution in [3.05, 3.63) is 71.3 Å². The number of halogens is 4. The molecule has 9 heteroatoms. The van der Waals surface area contributed by atoms with E-state index in [2.05, 4.69) is 4.98 Å². The molecule has 0 bridgehead atoms. The van der Waals surface area contributed by atoms with Crippen LogP contribution in [-0.2, 0) is 17.6 Å². The maximum atomic E-state index is 14.3. The summed E-state index contributed by atoms with van der Waals surface area (Å²) in [5.41, 5.74) is -1.71.